The molecule has 0 spiro atoms. The van der Waals surface area contributed by atoms with Gasteiger partial charge in [0.15, 0.2) is 5.78 Å². The molecule has 0 heterocycles. The van der Waals surface area contributed by atoms with E-state index in [0.29, 0.717) is 12.0 Å². The molecule has 0 atom stereocenters. The first-order chi connectivity index (χ1) is 8.13. The van der Waals surface area contributed by atoms with Crippen LogP contribution < -0.4 is 0 Å². The van der Waals surface area contributed by atoms with Crippen LogP contribution in [0.2, 0.25) is 0 Å². The zero-order valence-electron chi connectivity index (χ0n) is 11.8. The fraction of sp³-hybridized carbons (Fsp3) is 0.533. The molecule has 0 bridgehead atoms. The molecule has 0 aromatic heterocycles. The lowest BCUT2D eigenvalue weighted by Crippen LogP contribution is -2.27. The maximum Gasteiger partial charge on any atom is 0.166 e. The molecule has 1 aromatic rings. The Morgan fingerprint density at radius 3 is 2.39 bits per heavy atom. The Hall–Kier alpha value is -0.960. The van der Waals surface area contributed by atoms with Gasteiger partial charge in [-0.3, -0.25) is 4.79 Å². The summed E-state index contributed by atoms with van der Waals surface area (Å²) in [4.78, 5) is 13.2. The molecule has 2 nitrogen and oxygen atoms in total. The molecule has 0 radical (unpaired) electrons. The summed E-state index contributed by atoms with van der Waals surface area (Å²) >= 11 is 0. The Balaban J connectivity index is 2.71. The fourth-order valence-electron chi connectivity index (χ4n) is 2.47. The molecular weight excluding hydrogens is 244 g/mol. The van der Waals surface area contributed by atoms with Gasteiger partial charge in [-0.25, -0.2) is 10.0 Å². The van der Waals surface area contributed by atoms with Gasteiger partial charge >= 0.3 is 0 Å². The van der Waals surface area contributed by atoms with E-state index in [-0.39, 0.29) is 16.9 Å². The molecule has 1 N–H and O–H groups in total. The van der Waals surface area contributed by atoms with E-state index in [4.69, 9.17) is 0 Å². The quantitative estimate of drug-likeness (QED) is 0.841. The van der Waals surface area contributed by atoms with Crippen molar-refractivity contribution in [3.05, 3.63) is 23.3 Å². The molecular formula is C15H22O2S. The standard InChI is InChI=1S/C15H22O2S/c1-15(2)7-6-12(16)14-11(15)8-10(9-13(14)17)18(3,4)5/h8-9,17H,6-7H2,1-5H3. The van der Waals surface area contributed by atoms with Crippen LogP contribution in [0, 0.1) is 0 Å². The number of phenols is 1. The highest BCUT2D eigenvalue weighted by Gasteiger charge is 2.34. The Morgan fingerprint density at radius 2 is 1.83 bits per heavy atom. The molecule has 0 saturated carbocycles. The van der Waals surface area contributed by atoms with Crippen molar-refractivity contribution in [2.45, 2.75) is 37.0 Å². The second-order valence-corrected chi connectivity index (χ2v) is 10.7. The number of ketones is 1. The number of fused-ring (bicyclic) bond motifs is 1. The van der Waals surface area contributed by atoms with E-state index in [1.807, 2.05) is 0 Å². The minimum Gasteiger partial charge on any atom is -0.507 e. The summed E-state index contributed by atoms with van der Waals surface area (Å²) in [6.07, 6.45) is 8.00. The number of phenolic OH excluding ortho intramolecular Hbond substituents is 1. The van der Waals surface area contributed by atoms with Crippen LogP contribution in [0.25, 0.3) is 0 Å². The molecule has 0 saturated heterocycles. The predicted molar refractivity (Wildman–Crippen MR) is 78.3 cm³/mol. The van der Waals surface area contributed by atoms with Gasteiger partial charge in [-0.05, 0) is 53.2 Å². The second-order valence-electron chi connectivity index (χ2n) is 6.51. The zero-order chi connectivity index (χ0) is 13.7. The lowest BCUT2D eigenvalue weighted by Gasteiger charge is -2.35. The molecule has 3 heteroatoms. The maximum absolute atomic E-state index is 12.0. The number of rotatable bonds is 1. The Morgan fingerprint density at radius 1 is 1.22 bits per heavy atom. The lowest BCUT2D eigenvalue weighted by molar-refractivity contribution is 0.0953. The third kappa shape index (κ3) is 2.16. The number of hydrogen-bond acceptors (Lipinski definition) is 2. The van der Waals surface area contributed by atoms with Gasteiger partial charge in [0.25, 0.3) is 0 Å². The van der Waals surface area contributed by atoms with Crippen molar-refractivity contribution in [1.82, 2.24) is 0 Å². The third-order valence-electron chi connectivity index (χ3n) is 3.78. The zero-order valence-corrected chi connectivity index (χ0v) is 12.6. The number of Topliss-reactive ketones (excluding diaryl/α,β-unsaturated/α-hetero) is 1. The summed E-state index contributed by atoms with van der Waals surface area (Å²) in [5.41, 5.74) is 1.55. The predicted octanol–water partition coefficient (Wildman–Crippen LogP) is 3.70. The molecule has 0 unspecified atom stereocenters. The van der Waals surface area contributed by atoms with Crippen LogP contribution in [0.1, 0.15) is 42.6 Å². The Bertz CT molecular complexity index is 510. The van der Waals surface area contributed by atoms with E-state index in [9.17, 15) is 9.90 Å². The maximum atomic E-state index is 12.0. The number of hydrogen-bond donors (Lipinski definition) is 1. The highest BCUT2D eigenvalue weighted by molar-refractivity contribution is 8.32. The molecule has 18 heavy (non-hydrogen) atoms. The van der Waals surface area contributed by atoms with Gasteiger partial charge in [0, 0.05) is 6.42 Å². The first-order valence-electron chi connectivity index (χ1n) is 6.22. The molecule has 1 aliphatic rings. The van der Waals surface area contributed by atoms with Crippen molar-refractivity contribution >= 4 is 15.8 Å². The number of benzene rings is 1. The number of aromatic hydroxyl groups is 1. The topological polar surface area (TPSA) is 37.3 Å². The van der Waals surface area contributed by atoms with E-state index in [1.165, 1.54) is 4.90 Å². The minimum absolute atomic E-state index is 0.0264. The van der Waals surface area contributed by atoms with E-state index in [0.717, 1.165) is 12.0 Å². The summed E-state index contributed by atoms with van der Waals surface area (Å²) in [6.45, 7) is 4.30. The number of carbonyl (C=O) groups is 1. The van der Waals surface area contributed by atoms with E-state index >= 15 is 0 Å². The van der Waals surface area contributed by atoms with Gasteiger partial charge in [0.05, 0.1) is 5.56 Å². The normalized spacial score (nSPS) is 19.5. The summed E-state index contributed by atoms with van der Waals surface area (Å²) in [5, 5.41) is 10.2. The highest BCUT2D eigenvalue weighted by atomic mass is 32.3. The smallest absolute Gasteiger partial charge is 0.166 e. The summed E-state index contributed by atoms with van der Waals surface area (Å²) in [6, 6.07) is 3.93. The van der Waals surface area contributed by atoms with Gasteiger partial charge < -0.3 is 5.11 Å². The molecule has 0 fully saturated rings. The first kappa shape index (κ1) is 13.5. The molecule has 1 aliphatic carbocycles. The Labute approximate surface area is 111 Å². The van der Waals surface area contributed by atoms with Crippen LogP contribution in [-0.4, -0.2) is 29.7 Å². The molecule has 100 valence electrons. The molecule has 2 rings (SSSR count). The van der Waals surface area contributed by atoms with Gasteiger partial charge in [-0.15, -0.1) is 0 Å². The van der Waals surface area contributed by atoms with Gasteiger partial charge in [0.2, 0.25) is 0 Å². The fourth-order valence-corrected chi connectivity index (χ4v) is 3.40. The van der Waals surface area contributed by atoms with Crippen molar-refractivity contribution in [3.8, 4) is 5.75 Å². The van der Waals surface area contributed by atoms with Crippen LogP contribution in [0.5, 0.6) is 5.75 Å². The van der Waals surface area contributed by atoms with Gasteiger partial charge in [0.1, 0.15) is 5.75 Å². The van der Waals surface area contributed by atoms with E-state index < -0.39 is 10.0 Å². The third-order valence-corrected chi connectivity index (χ3v) is 5.43. The van der Waals surface area contributed by atoms with Gasteiger partial charge in [-0.1, -0.05) is 13.8 Å². The van der Waals surface area contributed by atoms with Crippen molar-refractivity contribution in [3.63, 3.8) is 0 Å². The van der Waals surface area contributed by atoms with Crippen molar-refractivity contribution in [1.29, 1.82) is 0 Å². The van der Waals surface area contributed by atoms with Crippen LogP contribution in [0.3, 0.4) is 0 Å². The monoisotopic (exact) mass is 266 g/mol. The first-order valence-corrected chi connectivity index (χ1v) is 9.08. The average molecular weight is 266 g/mol. The highest BCUT2D eigenvalue weighted by Crippen LogP contribution is 2.50. The molecule has 0 aliphatic heterocycles. The summed E-state index contributed by atoms with van der Waals surface area (Å²) in [7, 11) is -0.898. The summed E-state index contributed by atoms with van der Waals surface area (Å²) < 4.78 is 0. The summed E-state index contributed by atoms with van der Waals surface area (Å²) in [5.74, 6) is 0.250. The number of carbonyl (C=O) groups excluding carboxylic acids is 1. The SMILES string of the molecule is CC1(C)CCC(=O)c2c(O)cc(S(C)(C)C)cc21. The van der Waals surface area contributed by atoms with Crippen molar-refractivity contribution in [2.75, 3.05) is 18.8 Å². The van der Waals surface area contributed by atoms with Crippen LogP contribution in [0.4, 0.5) is 0 Å². The van der Waals surface area contributed by atoms with Crippen LogP contribution in [0.15, 0.2) is 17.0 Å². The van der Waals surface area contributed by atoms with Crippen molar-refractivity contribution in [2.24, 2.45) is 0 Å². The second kappa shape index (κ2) is 4.02. The van der Waals surface area contributed by atoms with Crippen LogP contribution >= 0.6 is 10.0 Å². The molecule has 0 amide bonds. The van der Waals surface area contributed by atoms with Crippen molar-refractivity contribution < 1.29 is 9.90 Å². The molecule has 1 aromatic carbocycles. The largest absolute Gasteiger partial charge is 0.507 e. The van der Waals surface area contributed by atoms with Crippen LogP contribution in [-0.2, 0) is 5.41 Å². The van der Waals surface area contributed by atoms with E-state index in [1.54, 1.807) is 6.07 Å². The minimum atomic E-state index is -0.898. The average Bonchev–Trinajstić information content (AvgIpc) is 2.22. The Kier molecular flexibility index (Phi) is 3.01. The lowest BCUT2D eigenvalue weighted by atomic mass is 9.72. The van der Waals surface area contributed by atoms with E-state index in [2.05, 4.69) is 38.7 Å². The van der Waals surface area contributed by atoms with Gasteiger partial charge in [-0.2, -0.15) is 0 Å².